The molecule has 0 aromatic heterocycles. The number of benzene rings is 1. The van der Waals surface area contributed by atoms with Gasteiger partial charge in [0.15, 0.2) is 0 Å². The molecule has 0 radical (unpaired) electrons. The Bertz CT molecular complexity index is 337. The monoisotopic (exact) mass is 204 g/mol. The smallest absolute Gasteiger partial charge is 0.221 e. The Morgan fingerprint density at radius 3 is 2.73 bits per heavy atom. The molecule has 15 heavy (non-hydrogen) atoms. The summed E-state index contributed by atoms with van der Waals surface area (Å²) in [6.45, 7) is 1.73. The fourth-order valence-electron chi connectivity index (χ4n) is 2.25. The zero-order valence-electron chi connectivity index (χ0n) is 8.65. The largest absolute Gasteiger partial charge is 0.369 e. The summed E-state index contributed by atoms with van der Waals surface area (Å²) in [7, 11) is 0. The van der Waals surface area contributed by atoms with Crippen molar-refractivity contribution < 1.29 is 4.79 Å². The zero-order valence-corrected chi connectivity index (χ0v) is 8.65. The van der Waals surface area contributed by atoms with Crippen molar-refractivity contribution in [1.29, 1.82) is 0 Å². The van der Waals surface area contributed by atoms with Crippen LogP contribution in [0.25, 0.3) is 0 Å². The third-order valence-corrected chi connectivity index (χ3v) is 3.08. The van der Waals surface area contributed by atoms with E-state index >= 15 is 0 Å². The van der Waals surface area contributed by atoms with Gasteiger partial charge < -0.3 is 11.1 Å². The number of rotatable bonds is 2. The SMILES string of the molecule is NC(=O)C1CCNCC1c1ccccc1. The molecular weight excluding hydrogens is 188 g/mol. The van der Waals surface area contributed by atoms with Crippen molar-refractivity contribution >= 4 is 5.91 Å². The van der Waals surface area contributed by atoms with Crippen molar-refractivity contribution in [3.8, 4) is 0 Å². The van der Waals surface area contributed by atoms with E-state index in [-0.39, 0.29) is 17.7 Å². The van der Waals surface area contributed by atoms with Crippen LogP contribution in [0.1, 0.15) is 17.9 Å². The highest BCUT2D eigenvalue weighted by Crippen LogP contribution is 2.28. The second-order valence-electron chi connectivity index (χ2n) is 4.02. The lowest BCUT2D eigenvalue weighted by Crippen LogP contribution is -2.41. The molecule has 0 aliphatic carbocycles. The maximum absolute atomic E-state index is 11.3. The van der Waals surface area contributed by atoms with E-state index in [0.29, 0.717) is 0 Å². The number of carbonyl (C=O) groups excluding carboxylic acids is 1. The second-order valence-corrected chi connectivity index (χ2v) is 4.02. The summed E-state index contributed by atoms with van der Waals surface area (Å²) in [4.78, 5) is 11.3. The highest BCUT2D eigenvalue weighted by atomic mass is 16.1. The van der Waals surface area contributed by atoms with Gasteiger partial charge in [-0.3, -0.25) is 4.79 Å². The van der Waals surface area contributed by atoms with Crippen molar-refractivity contribution in [3.05, 3.63) is 35.9 Å². The Balaban J connectivity index is 2.22. The first-order chi connectivity index (χ1) is 7.29. The summed E-state index contributed by atoms with van der Waals surface area (Å²) < 4.78 is 0. The molecule has 1 aromatic carbocycles. The third-order valence-electron chi connectivity index (χ3n) is 3.08. The van der Waals surface area contributed by atoms with Gasteiger partial charge in [-0.05, 0) is 18.5 Å². The first-order valence-corrected chi connectivity index (χ1v) is 5.34. The number of nitrogens with one attached hydrogen (secondary N) is 1. The van der Waals surface area contributed by atoms with Crippen LogP contribution >= 0.6 is 0 Å². The third kappa shape index (κ3) is 2.18. The normalized spacial score (nSPS) is 26.1. The lowest BCUT2D eigenvalue weighted by atomic mass is 9.81. The average Bonchev–Trinajstić information content (AvgIpc) is 2.30. The molecule has 0 saturated carbocycles. The van der Waals surface area contributed by atoms with Gasteiger partial charge in [-0.15, -0.1) is 0 Å². The molecule has 1 heterocycles. The lowest BCUT2D eigenvalue weighted by Gasteiger charge is -2.30. The van der Waals surface area contributed by atoms with Crippen LogP contribution in [-0.2, 0) is 4.79 Å². The predicted octanol–water partition coefficient (Wildman–Crippen LogP) is 0.865. The molecule has 1 fully saturated rings. The quantitative estimate of drug-likeness (QED) is 0.751. The predicted molar refractivity (Wildman–Crippen MR) is 59.4 cm³/mol. The van der Waals surface area contributed by atoms with Crippen LogP contribution in [0.3, 0.4) is 0 Å². The van der Waals surface area contributed by atoms with Crippen molar-refractivity contribution in [2.45, 2.75) is 12.3 Å². The number of carbonyl (C=O) groups is 1. The number of piperidine rings is 1. The molecule has 2 unspecified atom stereocenters. The van der Waals surface area contributed by atoms with Crippen LogP contribution in [0.15, 0.2) is 30.3 Å². The summed E-state index contributed by atoms with van der Waals surface area (Å²) in [6, 6.07) is 10.1. The zero-order chi connectivity index (χ0) is 10.7. The van der Waals surface area contributed by atoms with Gasteiger partial charge in [-0.1, -0.05) is 30.3 Å². The van der Waals surface area contributed by atoms with Gasteiger partial charge in [0, 0.05) is 18.4 Å². The topological polar surface area (TPSA) is 55.1 Å². The van der Waals surface area contributed by atoms with Crippen LogP contribution < -0.4 is 11.1 Å². The minimum absolute atomic E-state index is 0.0198. The van der Waals surface area contributed by atoms with Crippen molar-refractivity contribution in [2.75, 3.05) is 13.1 Å². The molecule has 2 rings (SSSR count). The maximum Gasteiger partial charge on any atom is 0.221 e. The van der Waals surface area contributed by atoms with E-state index in [1.54, 1.807) is 0 Å². The van der Waals surface area contributed by atoms with Gasteiger partial charge in [-0.25, -0.2) is 0 Å². The molecule has 2 atom stereocenters. The Hall–Kier alpha value is -1.35. The lowest BCUT2D eigenvalue weighted by molar-refractivity contribution is -0.123. The molecule has 80 valence electrons. The first-order valence-electron chi connectivity index (χ1n) is 5.34. The molecule has 1 amide bonds. The number of nitrogens with two attached hydrogens (primary N) is 1. The summed E-state index contributed by atoms with van der Waals surface area (Å²) in [5.41, 5.74) is 6.63. The maximum atomic E-state index is 11.3. The standard InChI is InChI=1S/C12H16N2O/c13-12(15)10-6-7-14-8-11(10)9-4-2-1-3-5-9/h1-5,10-11,14H,6-8H2,(H2,13,15). The number of hydrogen-bond donors (Lipinski definition) is 2. The molecule has 1 aromatic rings. The van der Waals surface area contributed by atoms with Crippen LogP contribution in [-0.4, -0.2) is 19.0 Å². The summed E-state index contributed by atoms with van der Waals surface area (Å²) in [5.74, 6) is 0.0384. The molecule has 1 aliphatic rings. The van der Waals surface area contributed by atoms with Crippen LogP contribution in [0.4, 0.5) is 0 Å². The van der Waals surface area contributed by atoms with Crippen LogP contribution in [0, 0.1) is 5.92 Å². The molecular formula is C12H16N2O. The molecule has 0 spiro atoms. The highest BCUT2D eigenvalue weighted by molar-refractivity contribution is 5.78. The number of primary amides is 1. The van der Waals surface area contributed by atoms with Gasteiger partial charge in [0.25, 0.3) is 0 Å². The Morgan fingerprint density at radius 1 is 1.33 bits per heavy atom. The average molecular weight is 204 g/mol. The van der Waals surface area contributed by atoms with Gasteiger partial charge in [0.05, 0.1) is 0 Å². The first kappa shape index (κ1) is 10.2. The molecule has 3 heteroatoms. The van der Waals surface area contributed by atoms with E-state index in [1.807, 2.05) is 18.2 Å². The molecule has 1 aliphatic heterocycles. The highest BCUT2D eigenvalue weighted by Gasteiger charge is 2.29. The number of hydrogen-bond acceptors (Lipinski definition) is 2. The molecule has 3 nitrogen and oxygen atoms in total. The minimum Gasteiger partial charge on any atom is -0.369 e. The van der Waals surface area contributed by atoms with E-state index in [1.165, 1.54) is 5.56 Å². The fraction of sp³-hybridized carbons (Fsp3) is 0.417. The summed E-state index contributed by atoms with van der Waals surface area (Å²) in [6.07, 6.45) is 0.842. The molecule has 1 saturated heterocycles. The van der Waals surface area contributed by atoms with Gasteiger partial charge >= 0.3 is 0 Å². The van der Waals surface area contributed by atoms with Crippen LogP contribution in [0.5, 0.6) is 0 Å². The van der Waals surface area contributed by atoms with Crippen molar-refractivity contribution in [3.63, 3.8) is 0 Å². The Kier molecular flexibility index (Phi) is 3.02. The fourth-order valence-corrected chi connectivity index (χ4v) is 2.25. The molecule has 0 bridgehead atoms. The van der Waals surface area contributed by atoms with Crippen molar-refractivity contribution in [1.82, 2.24) is 5.32 Å². The van der Waals surface area contributed by atoms with E-state index in [9.17, 15) is 4.79 Å². The van der Waals surface area contributed by atoms with Gasteiger partial charge in [0.2, 0.25) is 5.91 Å². The number of amides is 1. The van der Waals surface area contributed by atoms with E-state index < -0.39 is 0 Å². The Labute approximate surface area is 89.7 Å². The minimum atomic E-state index is -0.176. The Morgan fingerprint density at radius 2 is 2.07 bits per heavy atom. The molecule has 3 N–H and O–H groups in total. The van der Waals surface area contributed by atoms with E-state index in [2.05, 4.69) is 17.4 Å². The van der Waals surface area contributed by atoms with Gasteiger partial charge in [0.1, 0.15) is 0 Å². The van der Waals surface area contributed by atoms with Crippen LogP contribution in [0.2, 0.25) is 0 Å². The second kappa shape index (κ2) is 4.45. The van der Waals surface area contributed by atoms with Gasteiger partial charge in [-0.2, -0.15) is 0 Å². The summed E-state index contributed by atoms with van der Waals surface area (Å²) in [5, 5.41) is 3.31. The van der Waals surface area contributed by atoms with Crippen molar-refractivity contribution in [2.24, 2.45) is 11.7 Å². The van der Waals surface area contributed by atoms with E-state index in [4.69, 9.17) is 5.73 Å². The summed E-state index contributed by atoms with van der Waals surface area (Å²) >= 11 is 0. The van der Waals surface area contributed by atoms with E-state index in [0.717, 1.165) is 19.5 Å².